The van der Waals surface area contributed by atoms with Gasteiger partial charge in [-0.3, -0.25) is 4.79 Å². The van der Waals surface area contributed by atoms with Crippen LogP contribution in [0.3, 0.4) is 0 Å². The molecule has 0 atom stereocenters. The van der Waals surface area contributed by atoms with Gasteiger partial charge in [-0.05, 0) is 47.1 Å². The quantitative estimate of drug-likeness (QED) is 0.674. The summed E-state index contributed by atoms with van der Waals surface area (Å²) in [5, 5.41) is 2.89. The fourth-order valence-corrected chi connectivity index (χ4v) is 2.76. The number of hydrogen-bond donors (Lipinski definition) is 1. The Balaban J connectivity index is 1.64. The smallest absolute Gasteiger partial charge is 0.226 e. The number of carbonyl (C=O) groups excluding carboxylic acids is 1. The Bertz CT molecular complexity index is 844. The molecule has 1 amide bonds. The lowest BCUT2D eigenvalue weighted by molar-refractivity contribution is -0.116. The number of nitrogens with zero attached hydrogens (tertiary/aromatic N) is 1. The van der Waals surface area contributed by atoms with Crippen LogP contribution < -0.4 is 5.32 Å². The summed E-state index contributed by atoms with van der Waals surface area (Å²) >= 11 is 3.42. The number of anilines is 1. The third-order valence-electron chi connectivity index (χ3n) is 3.65. The summed E-state index contributed by atoms with van der Waals surface area (Å²) < 4.78 is 6.58. The van der Waals surface area contributed by atoms with E-state index in [0.717, 1.165) is 27.2 Å². The number of para-hydroxylation sites is 1. The summed E-state index contributed by atoms with van der Waals surface area (Å²) in [7, 11) is 0. The molecule has 3 rings (SSSR count). The number of rotatable bonds is 5. The molecule has 5 heteroatoms. The van der Waals surface area contributed by atoms with Crippen molar-refractivity contribution in [2.45, 2.75) is 19.8 Å². The number of carbonyl (C=O) groups is 1. The van der Waals surface area contributed by atoms with Gasteiger partial charge >= 0.3 is 0 Å². The molecule has 0 aliphatic carbocycles. The van der Waals surface area contributed by atoms with E-state index in [9.17, 15) is 4.79 Å². The van der Waals surface area contributed by atoms with Gasteiger partial charge in [0, 0.05) is 22.9 Å². The molecule has 0 radical (unpaired) electrons. The number of aryl methyl sites for hydroxylation is 2. The number of oxazole rings is 1. The van der Waals surface area contributed by atoms with Crippen molar-refractivity contribution in [1.82, 2.24) is 4.98 Å². The van der Waals surface area contributed by atoms with Crippen molar-refractivity contribution in [3.63, 3.8) is 0 Å². The fraction of sp³-hybridized carbons (Fsp3) is 0.158. The van der Waals surface area contributed by atoms with Gasteiger partial charge in [0.15, 0.2) is 0 Å². The van der Waals surface area contributed by atoms with E-state index in [4.69, 9.17) is 4.42 Å². The predicted molar refractivity (Wildman–Crippen MR) is 97.8 cm³/mol. The largest absolute Gasteiger partial charge is 0.441 e. The number of amides is 1. The van der Waals surface area contributed by atoms with Crippen molar-refractivity contribution in [3.05, 3.63) is 70.5 Å². The zero-order chi connectivity index (χ0) is 16.9. The molecule has 122 valence electrons. The molecule has 1 aromatic heterocycles. The van der Waals surface area contributed by atoms with Gasteiger partial charge in [0.05, 0.1) is 11.4 Å². The Morgan fingerprint density at radius 1 is 1.12 bits per heavy atom. The molecule has 24 heavy (non-hydrogen) atoms. The lowest BCUT2D eigenvalue weighted by Gasteiger charge is -2.06. The van der Waals surface area contributed by atoms with Crippen LogP contribution in [-0.2, 0) is 11.2 Å². The predicted octanol–water partition coefficient (Wildman–Crippen LogP) is 4.98. The van der Waals surface area contributed by atoms with Crippen LogP contribution in [0, 0.1) is 6.92 Å². The highest BCUT2D eigenvalue weighted by Gasteiger charge is 2.13. The Morgan fingerprint density at radius 3 is 2.58 bits per heavy atom. The zero-order valence-corrected chi connectivity index (χ0v) is 14.8. The maximum atomic E-state index is 12.1. The number of nitrogens with one attached hydrogen (secondary N) is 1. The average molecular weight is 385 g/mol. The minimum atomic E-state index is -0.0504. The topological polar surface area (TPSA) is 55.1 Å². The van der Waals surface area contributed by atoms with E-state index in [1.807, 2.05) is 61.5 Å². The maximum absolute atomic E-state index is 12.1. The normalized spacial score (nSPS) is 10.6. The summed E-state index contributed by atoms with van der Waals surface area (Å²) in [4.78, 5) is 16.7. The lowest BCUT2D eigenvalue weighted by atomic mass is 10.2. The Kier molecular flexibility index (Phi) is 5.11. The van der Waals surface area contributed by atoms with Crippen LogP contribution in [0.1, 0.15) is 17.9 Å². The van der Waals surface area contributed by atoms with E-state index in [0.29, 0.717) is 18.7 Å². The summed E-state index contributed by atoms with van der Waals surface area (Å²) in [6.07, 6.45) is 0.890. The minimum Gasteiger partial charge on any atom is -0.441 e. The average Bonchev–Trinajstić information content (AvgIpc) is 2.97. The Labute approximate surface area is 149 Å². The molecule has 0 bridgehead atoms. The number of hydrogen-bond acceptors (Lipinski definition) is 3. The molecule has 1 N–H and O–H groups in total. The molecular weight excluding hydrogens is 368 g/mol. The number of benzene rings is 2. The van der Waals surface area contributed by atoms with Crippen LogP contribution in [0.4, 0.5) is 5.69 Å². The van der Waals surface area contributed by atoms with Gasteiger partial charge in [-0.25, -0.2) is 4.98 Å². The third kappa shape index (κ3) is 3.92. The molecule has 3 aromatic rings. The number of aromatic nitrogens is 1. The first-order valence-corrected chi connectivity index (χ1v) is 8.49. The van der Waals surface area contributed by atoms with E-state index in [-0.39, 0.29) is 5.91 Å². The maximum Gasteiger partial charge on any atom is 0.226 e. The van der Waals surface area contributed by atoms with Crippen LogP contribution in [0.15, 0.2) is 63.5 Å². The molecule has 4 nitrogen and oxygen atoms in total. The molecule has 1 heterocycles. The van der Waals surface area contributed by atoms with Crippen molar-refractivity contribution < 1.29 is 9.21 Å². The van der Waals surface area contributed by atoms with Crippen molar-refractivity contribution in [2.75, 3.05) is 5.32 Å². The second-order valence-corrected chi connectivity index (χ2v) is 6.27. The standard InChI is InChI=1S/C19H17BrN2O2/c1-13-16(22-19(24-13)14-7-3-2-4-8-14)11-12-18(23)21-17-10-6-5-9-15(17)20/h2-10H,11-12H2,1H3,(H,21,23). The van der Waals surface area contributed by atoms with Gasteiger partial charge in [-0.2, -0.15) is 0 Å². The second kappa shape index (κ2) is 7.45. The molecule has 0 unspecified atom stereocenters. The van der Waals surface area contributed by atoms with Crippen LogP contribution in [0.25, 0.3) is 11.5 Å². The Morgan fingerprint density at radius 2 is 1.83 bits per heavy atom. The molecule has 0 saturated heterocycles. The SMILES string of the molecule is Cc1oc(-c2ccccc2)nc1CCC(=O)Nc1ccccc1Br. The van der Waals surface area contributed by atoms with E-state index in [2.05, 4.69) is 26.2 Å². The van der Waals surface area contributed by atoms with Gasteiger partial charge in [-0.1, -0.05) is 30.3 Å². The van der Waals surface area contributed by atoms with Crippen molar-refractivity contribution >= 4 is 27.5 Å². The summed E-state index contributed by atoms with van der Waals surface area (Å²) in [6, 6.07) is 17.3. The van der Waals surface area contributed by atoms with E-state index < -0.39 is 0 Å². The van der Waals surface area contributed by atoms with Gasteiger partial charge < -0.3 is 9.73 Å². The summed E-state index contributed by atoms with van der Waals surface area (Å²) in [6.45, 7) is 1.88. The lowest BCUT2D eigenvalue weighted by Crippen LogP contribution is -2.13. The summed E-state index contributed by atoms with van der Waals surface area (Å²) in [5.41, 5.74) is 2.52. The van der Waals surface area contributed by atoms with Crippen molar-refractivity contribution in [1.29, 1.82) is 0 Å². The van der Waals surface area contributed by atoms with Gasteiger partial charge in [-0.15, -0.1) is 0 Å². The van der Waals surface area contributed by atoms with Crippen LogP contribution >= 0.6 is 15.9 Å². The molecule has 0 spiro atoms. The fourth-order valence-electron chi connectivity index (χ4n) is 2.37. The van der Waals surface area contributed by atoms with Crippen LogP contribution in [0.5, 0.6) is 0 Å². The van der Waals surface area contributed by atoms with Crippen LogP contribution in [-0.4, -0.2) is 10.9 Å². The highest BCUT2D eigenvalue weighted by molar-refractivity contribution is 9.10. The van der Waals surface area contributed by atoms with Gasteiger partial charge in [0.1, 0.15) is 5.76 Å². The highest BCUT2D eigenvalue weighted by atomic mass is 79.9. The molecule has 0 aliphatic heterocycles. The molecule has 2 aromatic carbocycles. The first kappa shape index (κ1) is 16.5. The zero-order valence-electron chi connectivity index (χ0n) is 13.3. The molecule has 0 saturated carbocycles. The first-order chi connectivity index (χ1) is 11.6. The van der Waals surface area contributed by atoms with E-state index >= 15 is 0 Å². The molecule has 0 fully saturated rings. The monoisotopic (exact) mass is 384 g/mol. The van der Waals surface area contributed by atoms with Crippen molar-refractivity contribution in [3.8, 4) is 11.5 Å². The third-order valence-corrected chi connectivity index (χ3v) is 4.34. The molecular formula is C19H17BrN2O2. The molecule has 0 aliphatic rings. The highest BCUT2D eigenvalue weighted by Crippen LogP contribution is 2.23. The van der Waals surface area contributed by atoms with Crippen molar-refractivity contribution in [2.24, 2.45) is 0 Å². The Hall–Kier alpha value is -2.40. The summed E-state index contributed by atoms with van der Waals surface area (Å²) in [5.74, 6) is 1.29. The van der Waals surface area contributed by atoms with E-state index in [1.165, 1.54) is 0 Å². The van der Waals surface area contributed by atoms with E-state index in [1.54, 1.807) is 0 Å². The van der Waals surface area contributed by atoms with Crippen LogP contribution in [0.2, 0.25) is 0 Å². The van der Waals surface area contributed by atoms with Gasteiger partial charge in [0.2, 0.25) is 11.8 Å². The van der Waals surface area contributed by atoms with Gasteiger partial charge in [0.25, 0.3) is 0 Å². The minimum absolute atomic E-state index is 0.0504. The second-order valence-electron chi connectivity index (χ2n) is 5.42. The number of halogens is 1. The first-order valence-electron chi connectivity index (χ1n) is 7.69.